The monoisotopic (exact) mass is 283 g/mol. The molecule has 0 saturated heterocycles. The van der Waals surface area contributed by atoms with Crippen LogP contribution in [0.5, 0.6) is 0 Å². The summed E-state index contributed by atoms with van der Waals surface area (Å²) in [5, 5.41) is 9.18. The Balaban J connectivity index is 2.66. The fourth-order valence-corrected chi connectivity index (χ4v) is 3.33. The Labute approximate surface area is 120 Å². The summed E-state index contributed by atoms with van der Waals surface area (Å²) in [6, 6.07) is 0. The van der Waals surface area contributed by atoms with Gasteiger partial charge in [-0.25, -0.2) is 9.78 Å². The summed E-state index contributed by atoms with van der Waals surface area (Å²) in [4.78, 5) is 16.2. The van der Waals surface area contributed by atoms with Crippen molar-refractivity contribution in [3.05, 3.63) is 16.1 Å². The van der Waals surface area contributed by atoms with Gasteiger partial charge in [-0.3, -0.25) is 0 Å². The lowest BCUT2D eigenvalue weighted by atomic mass is 9.93. The quantitative estimate of drug-likeness (QED) is 0.609. The molecule has 0 aliphatic carbocycles. The molecule has 0 fully saturated rings. The van der Waals surface area contributed by atoms with Crippen molar-refractivity contribution in [1.29, 1.82) is 0 Å². The van der Waals surface area contributed by atoms with Crippen LogP contribution in [0, 0.1) is 0 Å². The van der Waals surface area contributed by atoms with Gasteiger partial charge in [0.1, 0.15) is 0 Å². The van der Waals surface area contributed by atoms with Crippen molar-refractivity contribution in [2.24, 2.45) is 0 Å². The fourth-order valence-electron chi connectivity index (χ4n) is 2.38. The Kier molecular flexibility index (Phi) is 7.72. The zero-order valence-corrected chi connectivity index (χ0v) is 12.8. The van der Waals surface area contributed by atoms with Crippen molar-refractivity contribution in [2.45, 2.75) is 71.1 Å². The normalized spacial score (nSPS) is 12.5. The molecule has 1 unspecified atom stereocenters. The topological polar surface area (TPSA) is 50.2 Å². The number of unbranched alkanes of at least 4 members (excludes halogenated alkanes) is 4. The molecule has 1 rings (SSSR count). The SMILES string of the molecule is CCCCCCC(CCCC)c1scnc1C(=O)O. The summed E-state index contributed by atoms with van der Waals surface area (Å²) >= 11 is 1.51. The second kappa shape index (κ2) is 9.08. The highest BCUT2D eigenvalue weighted by Crippen LogP contribution is 2.33. The van der Waals surface area contributed by atoms with E-state index in [0.29, 0.717) is 5.92 Å². The van der Waals surface area contributed by atoms with Gasteiger partial charge in [-0.1, -0.05) is 52.4 Å². The van der Waals surface area contributed by atoms with E-state index in [1.807, 2.05) is 0 Å². The van der Waals surface area contributed by atoms with E-state index >= 15 is 0 Å². The van der Waals surface area contributed by atoms with Gasteiger partial charge in [0.25, 0.3) is 0 Å². The van der Waals surface area contributed by atoms with E-state index in [1.54, 1.807) is 5.51 Å². The lowest BCUT2D eigenvalue weighted by Crippen LogP contribution is -2.06. The van der Waals surface area contributed by atoms with Crippen molar-refractivity contribution in [1.82, 2.24) is 4.98 Å². The van der Waals surface area contributed by atoms with Crippen LogP contribution in [0.1, 0.15) is 86.5 Å². The smallest absolute Gasteiger partial charge is 0.355 e. The first-order valence-electron chi connectivity index (χ1n) is 7.37. The molecule has 19 heavy (non-hydrogen) atoms. The van der Waals surface area contributed by atoms with Gasteiger partial charge < -0.3 is 5.11 Å². The predicted octanol–water partition coefficient (Wildman–Crippen LogP) is 5.09. The maximum Gasteiger partial charge on any atom is 0.355 e. The number of aromatic nitrogens is 1. The maximum absolute atomic E-state index is 11.2. The van der Waals surface area contributed by atoms with Crippen LogP contribution in [0.25, 0.3) is 0 Å². The average Bonchev–Trinajstić information content (AvgIpc) is 2.87. The van der Waals surface area contributed by atoms with E-state index in [4.69, 9.17) is 0 Å². The molecular formula is C15H25NO2S. The summed E-state index contributed by atoms with van der Waals surface area (Å²) in [5.41, 5.74) is 1.95. The molecule has 1 aromatic rings. The van der Waals surface area contributed by atoms with Gasteiger partial charge in [-0.2, -0.15) is 0 Å². The van der Waals surface area contributed by atoms with Crippen molar-refractivity contribution in [3.8, 4) is 0 Å². The van der Waals surface area contributed by atoms with Gasteiger partial charge in [0.05, 0.1) is 5.51 Å². The van der Waals surface area contributed by atoms with Crippen LogP contribution in [0.2, 0.25) is 0 Å². The predicted molar refractivity (Wildman–Crippen MR) is 80.1 cm³/mol. The van der Waals surface area contributed by atoms with E-state index in [9.17, 15) is 9.90 Å². The molecule has 0 spiro atoms. The number of hydrogen-bond acceptors (Lipinski definition) is 3. The first-order chi connectivity index (χ1) is 9.20. The van der Waals surface area contributed by atoms with Gasteiger partial charge in [-0.15, -0.1) is 11.3 Å². The molecule has 3 nitrogen and oxygen atoms in total. The van der Waals surface area contributed by atoms with Crippen molar-refractivity contribution in [3.63, 3.8) is 0 Å². The number of carboxylic acid groups (broad SMARTS) is 1. The Bertz CT molecular complexity index is 376. The molecule has 0 amide bonds. The minimum Gasteiger partial charge on any atom is -0.476 e. The fraction of sp³-hybridized carbons (Fsp3) is 0.733. The van der Waals surface area contributed by atoms with Gasteiger partial charge in [-0.05, 0) is 18.8 Å². The van der Waals surface area contributed by atoms with Gasteiger partial charge in [0.2, 0.25) is 0 Å². The molecule has 0 aliphatic heterocycles. The molecule has 4 heteroatoms. The van der Waals surface area contributed by atoms with Gasteiger partial charge in [0.15, 0.2) is 5.69 Å². The van der Waals surface area contributed by atoms with E-state index in [0.717, 1.165) is 30.6 Å². The Morgan fingerprint density at radius 1 is 1.21 bits per heavy atom. The largest absolute Gasteiger partial charge is 0.476 e. The number of nitrogens with zero attached hydrogens (tertiary/aromatic N) is 1. The maximum atomic E-state index is 11.2. The molecule has 1 N–H and O–H groups in total. The molecule has 1 heterocycles. The third-order valence-corrected chi connectivity index (χ3v) is 4.47. The molecular weight excluding hydrogens is 258 g/mol. The highest BCUT2D eigenvalue weighted by Gasteiger charge is 2.21. The van der Waals surface area contributed by atoms with Crippen LogP contribution in [0.15, 0.2) is 5.51 Å². The summed E-state index contributed by atoms with van der Waals surface area (Å²) in [6.07, 6.45) is 9.46. The number of carboxylic acids is 1. The number of hydrogen-bond donors (Lipinski definition) is 1. The zero-order chi connectivity index (χ0) is 14.1. The van der Waals surface area contributed by atoms with Gasteiger partial charge in [0, 0.05) is 4.88 Å². The minimum absolute atomic E-state index is 0.279. The Morgan fingerprint density at radius 2 is 1.89 bits per heavy atom. The molecule has 0 aliphatic rings. The third-order valence-electron chi connectivity index (χ3n) is 3.48. The van der Waals surface area contributed by atoms with E-state index in [2.05, 4.69) is 18.8 Å². The van der Waals surface area contributed by atoms with Crippen molar-refractivity contribution < 1.29 is 9.90 Å². The summed E-state index contributed by atoms with van der Waals surface area (Å²) in [6.45, 7) is 4.39. The second-order valence-corrected chi connectivity index (χ2v) is 5.95. The number of rotatable bonds is 10. The number of carbonyl (C=O) groups is 1. The number of thiazole rings is 1. The average molecular weight is 283 g/mol. The first-order valence-corrected chi connectivity index (χ1v) is 8.25. The summed E-state index contributed by atoms with van der Waals surface area (Å²) in [5.74, 6) is -0.498. The highest BCUT2D eigenvalue weighted by molar-refractivity contribution is 7.10. The lowest BCUT2D eigenvalue weighted by Gasteiger charge is -2.15. The zero-order valence-electron chi connectivity index (χ0n) is 12.0. The number of aromatic carboxylic acids is 1. The van der Waals surface area contributed by atoms with Crippen molar-refractivity contribution >= 4 is 17.3 Å². The van der Waals surface area contributed by atoms with Crippen LogP contribution in [0.3, 0.4) is 0 Å². The summed E-state index contributed by atoms with van der Waals surface area (Å²) in [7, 11) is 0. The third kappa shape index (κ3) is 5.31. The molecule has 1 aromatic heterocycles. The Hall–Kier alpha value is -0.900. The molecule has 0 bridgehead atoms. The molecule has 0 aromatic carbocycles. The van der Waals surface area contributed by atoms with Crippen LogP contribution in [-0.4, -0.2) is 16.1 Å². The lowest BCUT2D eigenvalue weighted by molar-refractivity contribution is 0.0689. The van der Waals surface area contributed by atoms with E-state index < -0.39 is 5.97 Å². The van der Waals surface area contributed by atoms with Crippen molar-refractivity contribution in [2.75, 3.05) is 0 Å². The highest BCUT2D eigenvalue weighted by atomic mass is 32.1. The molecule has 1 atom stereocenters. The summed E-state index contributed by atoms with van der Waals surface area (Å²) < 4.78 is 0. The molecule has 0 saturated carbocycles. The van der Waals surface area contributed by atoms with Gasteiger partial charge >= 0.3 is 5.97 Å². The molecule has 0 radical (unpaired) electrons. The van der Waals surface area contributed by atoms with Crippen LogP contribution < -0.4 is 0 Å². The van der Waals surface area contributed by atoms with Crippen LogP contribution in [-0.2, 0) is 0 Å². The van der Waals surface area contributed by atoms with Crippen LogP contribution >= 0.6 is 11.3 Å². The second-order valence-electron chi connectivity index (χ2n) is 5.06. The molecule has 108 valence electrons. The minimum atomic E-state index is -0.883. The van der Waals surface area contributed by atoms with E-state index in [-0.39, 0.29) is 5.69 Å². The van der Waals surface area contributed by atoms with E-state index in [1.165, 1.54) is 37.0 Å². The first kappa shape index (κ1) is 16.2. The van der Waals surface area contributed by atoms with Crippen LogP contribution in [0.4, 0.5) is 0 Å². The Morgan fingerprint density at radius 3 is 2.53 bits per heavy atom. The standard InChI is InChI=1S/C15H25NO2S/c1-3-5-7-8-10-12(9-6-4-2)14-13(15(17)18)16-11-19-14/h11-12H,3-10H2,1-2H3,(H,17,18).